The van der Waals surface area contributed by atoms with Crippen molar-refractivity contribution in [3.05, 3.63) is 12.3 Å². The van der Waals surface area contributed by atoms with Crippen LogP contribution in [0.25, 0.3) is 0 Å². The van der Waals surface area contributed by atoms with E-state index in [4.69, 9.17) is 19.3 Å². The van der Waals surface area contributed by atoms with E-state index in [-0.39, 0.29) is 19.3 Å². The highest BCUT2D eigenvalue weighted by atomic mass is 16.6. The van der Waals surface area contributed by atoms with Crippen molar-refractivity contribution in [1.29, 1.82) is 0 Å². The fourth-order valence-corrected chi connectivity index (χ4v) is 3.66. The molecular weight excluding hydrogens is 416 g/mol. The van der Waals surface area contributed by atoms with Crippen LogP contribution >= 0.6 is 0 Å². The van der Waals surface area contributed by atoms with E-state index < -0.39 is 6.10 Å². The smallest absolute Gasteiger partial charge is 0.116 e. The van der Waals surface area contributed by atoms with Crippen molar-refractivity contribution < 1.29 is 24.4 Å². The van der Waals surface area contributed by atoms with Crippen molar-refractivity contribution in [3.8, 4) is 0 Å². The largest absolute Gasteiger partial charge is 0.499 e. The summed E-state index contributed by atoms with van der Waals surface area (Å²) in [6.07, 6.45) is 25.2. The van der Waals surface area contributed by atoms with Crippen LogP contribution < -0.4 is 0 Å². The minimum atomic E-state index is -0.862. The van der Waals surface area contributed by atoms with Crippen molar-refractivity contribution >= 4 is 0 Å². The van der Waals surface area contributed by atoms with E-state index in [0.29, 0.717) is 19.8 Å². The van der Waals surface area contributed by atoms with Gasteiger partial charge in [-0.3, -0.25) is 0 Å². The van der Waals surface area contributed by atoms with E-state index in [1.165, 1.54) is 89.9 Å². The molecule has 0 aliphatic rings. The standard InChI is InChI=1S/C28H56O5/c1-3-5-7-8-9-10-11-12-13-14-15-16-17-18-19-20-22-32-26-28(25-31-21-6-4-2)33-24-27(30)23-29/h20,22,27-30H,3-19,21,23-26H2,1-2H3. The van der Waals surface area contributed by atoms with E-state index in [0.717, 1.165) is 19.3 Å². The minimum Gasteiger partial charge on any atom is -0.499 e. The van der Waals surface area contributed by atoms with Gasteiger partial charge in [-0.15, -0.1) is 0 Å². The van der Waals surface area contributed by atoms with Gasteiger partial charge in [0.15, 0.2) is 0 Å². The number of ether oxygens (including phenoxy) is 3. The van der Waals surface area contributed by atoms with Gasteiger partial charge in [0.2, 0.25) is 0 Å². The molecule has 2 unspecified atom stereocenters. The maximum atomic E-state index is 9.47. The molecule has 2 N–H and O–H groups in total. The summed E-state index contributed by atoms with van der Waals surface area (Å²) in [5.41, 5.74) is 0. The van der Waals surface area contributed by atoms with Gasteiger partial charge in [0.05, 0.1) is 26.1 Å². The van der Waals surface area contributed by atoms with Crippen molar-refractivity contribution in [2.24, 2.45) is 0 Å². The molecule has 0 heterocycles. The Balaban J connectivity index is 3.56. The highest BCUT2D eigenvalue weighted by Crippen LogP contribution is 2.13. The first kappa shape index (κ1) is 32.4. The van der Waals surface area contributed by atoms with Gasteiger partial charge in [0, 0.05) is 6.61 Å². The third-order valence-corrected chi connectivity index (χ3v) is 5.88. The molecule has 0 aromatic rings. The molecule has 0 aliphatic carbocycles. The Morgan fingerprint density at radius 2 is 1.21 bits per heavy atom. The molecule has 5 nitrogen and oxygen atoms in total. The van der Waals surface area contributed by atoms with Gasteiger partial charge < -0.3 is 24.4 Å². The number of hydrogen-bond acceptors (Lipinski definition) is 5. The lowest BCUT2D eigenvalue weighted by molar-refractivity contribution is -0.0781. The molecule has 33 heavy (non-hydrogen) atoms. The van der Waals surface area contributed by atoms with Gasteiger partial charge in [-0.1, -0.05) is 104 Å². The molecule has 0 saturated heterocycles. The van der Waals surface area contributed by atoms with E-state index in [1.807, 2.05) is 0 Å². The second-order valence-corrected chi connectivity index (χ2v) is 9.31. The van der Waals surface area contributed by atoms with Crippen molar-refractivity contribution in [2.75, 3.05) is 33.0 Å². The molecule has 0 rings (SSSR count). The van der Waals surface area contributed by atoms with Crippen molar-refractivity contribution in [3.63, 3.8) is 0 Å². The molecule has 198 valence electrons. The van der Waals surface area contributed by atoms with Gasteiger partial charge >= 0.3 is 0 Å². The molecule has 0 fully saturated rings. The van der Waals surface area contributed by atoms with E-state index in [1.54, 1.807) is 6.26 Å². The van der Waals surface area contributed by atoms with Crippen LogP contribution in [0.1, 0.15) is 123 Å². The SMILES string of the molecule is CCCCCCCCCCCCCCCCC=COCC(COCCCC)OCC(O)CO. The normalized spacial score (nSPS) is 13.6. The fourth-order valence-electron chi connectivity index (χ4n) is 3.66. The van der Waals surface area contributed by atoms with Crippen molar-refractivity contribution in [1.82, 2.24) is 0 Å². The molecule has 0 aliphatic heterocycles. The molecule has 0 saturated carbocycles. The van der Waals surface area contributed by atoms with Crippen LogP contribution in [0.2, 0.25) is 0 Å². The van der Waals surface area contributed by atoms with Gasteiger partial charge in [-0.05, 0) is 25.3 Å². The predicted molar refractivity (Wildman–Crippen MR) is 139 cm³/mol. The zero-order valence-corrected chi connectivity index (χ0v) is 22.0. The third-order valence-electron chi connectivity index (χ3n) is 5.88. The average Bonchev–Trinajstić information content (AvgIpc) is 2.83. The maximum absolute atomic E-state index is 9.47. The minimum absolute atomic E-state index is 0.0877. The quantitative estimate of drug-likeness (QED) is 0.100. The summed E-state index contributed by atoms with van der Waals surface area (Å²) in [7, 11) is 0. The first-order valence-corrected chi connectivity index (χ1v) is 14.0. The Labute approximate surface area is 205 Å². The van der Waals surface area contributed by atoms with Gasteiger partial charge in [-0.2, -0.15) is 0 Å². The summed E-state index contributed by atoms with van der Waals surface area (Å²) >= 11 is 0. The Morgan fingerprint density at radius 3 is 1.76 bits per heavy atom. The van der Waals surface area contributed by atoms with Gasteiger partial charge in [0.1, 0.15) is 18.8 Å². The zero-order valence-electron chi connectivity index (χ0n) is 22.0. The molecule has 0 amide bonds. The number of hydrogen-bond donors (Lipinski definition) is 2. The summed E-state index contributed by atoms with van der Waals surface area (Å²) in [4.78, 5) is 0. The lowest BCUT2D eigenvalue weighted by Crippen LogP contribution is -2.30. The van der Waals surface area contributed by atoms with Crippen LogP contribution in [0.3, 0.4) is 0 Å². The highest BCUT2D eigenvalue weighted by Gasteiger charge is 2.12. The van der Waals surface area contributed by atoms with E-state index in [2.05, 4.69) is 19.9 Å². The van der Waals surface area contributed by atoms with E-state index >= 15 is 0 Å². The number of unbranched alkanes of at least 4 members (excludes halogenated alkanes) is 15. The summed E-state index contributed by atoms with van der Waals surface area (Å²) in [5, 5.41) is 18.4. The third kappa shape index (κ3) is 25.8. The number of aliphatic hydroxyl groups is 2. The van der Waals surface area contributed by atoms with Crippen LogP contribution in [0.15, 0.2) is 12.3 Å². The summed E-state index contributed by atoms with van der Waals surface area (Å²) < 4.78 is 16.8. The molecule has 0 aromatic heterocycles. The second kappa shape index (κ2) is 27.6. The van der Waals surface area contributed by atoms with Crippen LogP contribution in [0.4, 0.5) is 0 Å². The molecule has 0 spiro atoms. The molecule has 2 atom stereocenters. The zero-order chi connectivity index (χ0) is 24.2. The monoisotopic (exact) mass is 472 g/mol. The predicted octanol–water partition coefficient (Wildman–Crippen LogP) is 6.94. The first-order chi connectivity index (χ1) is 16.2. The summed E-state index contributed by atoms with van der Waals surface area (Å²) in [5.74, 6) is 0. The number of rotatable bonds is 27. The van der Waals surface area contributed by atoms with Crippen LogP contribution in [-0.4, -0.2) is 55.5 Å². The number of allylic oxidation sites excluding steroid dienone is 1. The molecule has 5 heteroatoms. The Morgan fingerprint density at radius 1 is 0.667 bits per heavy atom. The summed E-state index contributed by atoms with van der Waals surface area (Å²) in [6.45, 7) is 5.72. The topological polar surface area (TPSA) is 68.2 Å². The lowest BCUT2D eigenvalue weighted by atomic mass is 10.0. The summed E-state index contributed by atoms with van der Waals surface area (Å²) in [6, 6.07) is 0. The van der Waals surface area contributed by atoms with Crippen molar-refractivity contribution in [2.45, 2.75) is 135 Å². The van der Waals surface area contributed by atoms with Crippen LogP contribution in [0, 0.1) is 0 Å². The maximum Gasteiger partial charge on any atom is 0.116 e. The van der Waals surface area contributed by atoms with Gasteiger partial charge in [0.25, 0.3) is 0 Å². The first-order valence-electron chi connectivity index (χ1n) is 14.0. The second-order valence-electron chi connectivity index (χ2n) is 9.31. The van der Waals surface area contributed by atoms with Gasteiger partial charge in [-0.25, -0.2) is 0 Å². The molecular formula is C28H56O5. The lowest BCUT2D eigenvalue weighted by Gasteiger charge is -2.19. The Bertz CT molecular complexity index is 388. The highest BCUT2D eigenvalue weighted by molar-refractivity contribution is 4.74. The molecule has 0 bridgehead atoms. The van der Waals surface area contributed by atoms with Crippen LogP contribution in [-0.2, 0) is 14.2 Å². The molecule has 0 aromatic carbocycles. The Hall–Kier alpha value is -0.620. The number of aliphatic hydroxyl groups excluding tert-OH is 2. The fraction of sp³-hybridized carbons (Fsp3) is 0.929. The van der Waals surface area contributed by atoms with Crippen LogP contribution in [0.5, 0.6) is 0 Å². The van der Waals surface area contributed by atoms with E-state index in [9.17, 15) is 5.11 Å². The average molecular weight is 473 g/mol. The molecule has 0 radical (unpaired) electrons. The Kier molecular flexibility index (Phi) is 27.1.